The predicted molar refractivity (Wildman–Crippen MR) is 154 cm³/mol. The number of allylic oxidation sites excluding steroid dienone is 4. The van der Waals surface area contributed by atoms with Crippen LogP contribution in [0.2, 0.25) is 0 Å². The smallest absolute Gasteiger partial charge is 0.193 e. The second-order valence-corrected chi connectivity index (χ2v) is 8.11. The fourth-order valence-electron chi connectivity index (χ4n) is 3.38. The molecule has 3 rings (SSSR count). The molecule has 0 spiro atoms. The monoisotopic (exact) mass is 537 g/mol. The number of hydrogen-bond acceptors (Lipinski definition) is 7. The van der Waals surface area contributed by atoms with Crippen molar-refractivity contribution in [1.29, 1.82) is 0 Å². The quantitative estimate of drug-likeness (QED) is 0.0375. The van der Waals surface area contributed by atoms with Crippen LogP contribution in [0, 0.1) is 0 Å². The summed E-state index contributed by atoms with van der Waals surface area (Å²) in [5.74, 6) is 0.00958. The molecule has 0 unspecified atom stereocenters. The fourth-order valence-corrected chi connectivity index (χ4v) is 3.38. The molecule has 202 valence electrons. The summed E-state index contributed by atoms with van der Waals surface area (Å²) >= 11 is 0. The van der Waals surface area contributed by atoms with Gasteiger partial charge in [-0.05, 0) is 76.8 Å². The molecule has 0 heterocycles. The lowest BCUT2D eigenvalue weighted by molar-refractivity contribution is -0.117. The second kappa shape index (κ2) is 15.0. The van der Waals surface area contributed by atoms with Crippen LogP contribution in [0.15, 0.2) is 107 Å². The van der Waals surface area contributed by atoms with Crippen molar-refractivity contribution < 1.29 is 28.9 Å². The van der Waals surface area contributed by atoms with Crippen LogP contribution in [-0.2, 0) is 9.59 Å². The first kappa shape index (κ1) is 29.0. The third-order valence-electron chi connectivity index (χ3n) is 5.50. The molecule has 0 fully saturated rings. The SMILES string of the molecule is COc1ccc(/C=C/C(=O)/C(C(=O)/C=C/c2ccc(OCN=[N+]=[N-])cc2)=C(O)\C=C\c2ccc(OC)cc2)cc1. The minimum atomic E-state index is -0.676. The molecule has 0 saturated heterocycles. The van der Waals surface area contributed by atoms with E-state index in [0.29, 0.717) is 28.4 Å². The zero-order valence-corrected chi connectivity index (χ0v) is 21.9. The third-order valence-corrected chi connectivity index (χ3v) is 5.50. The summed E-state index contributed by atoms with van der Waals surface area (Å²) in [6.45, 7) is -0.145. The van der Waals surface area contributed by atoms with E-state index in [9.17, 15) is 14.7 Å². The normalized spacial score (nSPS) is 11.8. The predicted octanol–water partition coefficient (Wildman–Crippen LogP) is 6.74. The Labute approximate surface area is 231 Å². The standard InChI is InChI=1S/C31H27N3O6/c1-38-25-12-3-22(4-13-25)9-18-28(35)31(29(36)19-10-23-5-14-26(39-2)15-6-23)30(37)20-11-24-7-16-27(17-8-24)40-21-33-34-32/h3-20,35H,21H2,1-2H3/b18-9+,19-10+,20-11+,31-28-. The van der Waals surface area contributed by atoms with Gasteiger partial charge in [0.05, 0.1) is 14.2 Å². The third kappa shape index (κ3) is 8.79. The van der Waals surface area contributed by atoms with Gasteiger partial charge in [-0.3, -0.25) is 9.59 Å². The van der Waals surface area contributed by atoms with E-state index in [1.54, 1.807) is 99.2 Å². The molecule has 0 atom stereocenters. The molecule has 0 aliphatic heterocycles. The Kier molecular flexibility index (Phi) is 10.9. The van der Waals surface area contributed by atoms with Gasteiger partial charge in [0, 0.05) is 4.91 Å². The van der Waals surface area contributed by atoms with E-state index < -0.39 is 17.3 Å². The van der Waals surface area contributed by atoms with Crippen LogP contribution < -0.4 is 14.2 Å². The number of rotatable bonds is 13. The van der Waals surface area contributed by atoms with Gasteiger partial charge in [-0.25, -0.2) is 0 Å². The van der Waals surface area contributed by atoms with Crippen LogP contribution in [0.3, 0.4) is 0 Å². The van der Waals surface area contributed by atoms with Gasteiger partial charge in [-0.2, -0.15) is 0 Å². The van der Waals surface area contributed by atoms with Crippen molar-refractivity contribution in [2.45, 2.75) is 0 Å². The molecular formula is C31H27N3O6. The van der Waals surface area contributed by atoms with Gasteiger partial charge in [0.1, 0.15) is 28.6 Å². The van der Waals surface area contributed by atoms with Crippen LogP contribution in [0.1, 0.15) is 16.7 Å². The molecule has 0 aromatic heterocycles. The molecule has 0 amide bonds. The molecule has 3 aromatic rings. The van der Waals surface area contributed by atoms with Crippen molar-refractivity contribution in [3.8, 4) is 17.2 Å². The van der Waals surface area contributed by atoms with E-state index in [1.165, 1.54) is 24.3 Å². The molecule has 3 aromatic carbocycles. The summed E-state index contributed by atoms with van der Waals surface area (Å²) in [6.07, 6.45) is 8.39. The highest BCUT2D eigenvalue weighted by atomic mass is 16.5. The Balaban J connectivity index is 1.86. The van der Waals surface area contributed by atoms with Gasteiger partial charge in [0.25, 0.3) is 0 Å². The van der Waals surface area contributed by atoms with Crippen LogP contribution >= 0.6 is 0 Å². The molecule has 9 heteroatoms. The maximum Gasteiger partial charge on any atom is 0.193 e. The Morgan fingerprint density at radius 3 is 1.52 bits per heavy atom. The van der Waals surface area contributed by atoms with Gasteiger partial charge >= 0.3 is 0 Å². The van der Waals surface area contributed by atoms with Crippen molar-refractivity contribution in [3.63, 3.8) is 0 Å². The van der Waals surface area contributed by atoms with Crippen molar-refractivity contribution in [2.24, 2.45) is 5.11 Å². The number of methoxy groups -OCH3 is 2. The number of carbonyl (C=O) groups is 2. The van der Waals surface area contributed by atoms with Crippen LogP contribution in [0.25, 0.3) is 28.7 Å². The number of ether oxygens (including phenoxy) is 3. The van der Waals surface area contributed by atoms with Crippen LogP contribution in [-0.4, -0.2) is 37.6 Å². The number of carbonyl (C=O) groups excluding carboxylic acids is 2. The first-order chi connectivity index (χ1) is 19.4. The van der Waals surface area contributed by atoms with E-state index in [0.717, 1.165) is 5.56 Å². The number of nitrogens with zero attached hydrogens (tertiary/aromatic N) is 3. The Bertz CT molecular complexity index is 1480. The minimum Gasteiger partial charge on any atom is -0.507 e. The molecule has 0 saturated carbocycles. The molecular weight excluding hydrogens is 510 g/mol. The summed E-state index contributed by atoms with van der Waals surface area (Å²) in [5, 5.41) is 14.1. The molecule has 0 bridgehead atoms. The number of ketones is 2. The highest BCUT2D eigenvalue weighted by Crippen LogP contribution is 2.18. The lowest BCUT2D eigenvalue weighted by Gasteiger charge is -2.04. The topological polar surface area (TPSA) is 131 Å². The second-order valence-electron chi connectivity index (χ2n) is 8.11. The Morgan fingerprint density at radius 1 is 0.725 bits per heavy atom. The van der Waals surface area contributed by atoms with Gasteiger partial charge in [0.2, 0.25) is 0 Å². The molecule has 9 nitrogen and oxygen atoms in total. The summed E-state index contributed by atoms with van der Waals surface area (Å²) in [6, 6.07) is 20.7. The van der Waals surface area contributed by atoms with E-state index >= 15 is 0 Å². The zero-order chi connectivity index (χ0) is 28.7. The van der Waals surface area contributed by atoms with E-state index in [2.05, 4.69) is 10.0 Å². The van der Waals surface area contributed by atoms with Gasteiger partial charge in [0.15, 0.2) is 18.3 Å². The number of aliphatic hydroxyl groups is 1. The molecule has 0 aliphatic rings. The summed E-state index contributed by atoms with van der Waals surface area (Å²) in [7, 11) is 3.12. The molecule has 40 heavy (non-hydrogen) atoms. The number of azide groups is 1. The van der Waals surface area contributed by atoms with E-state index in [1.807, 2.05) is 0 Å². The number of benzene rings is 3. The number of hydrogen-bond donors (Lipinski definition) is 1. The van der Waals surface area contributed by atoms with Gasteiger partial charge in [-0.15, -0.1) is 0 Å². The van der Waals surface area contributed by atoms with Gasteiger partial charge in [-0.1, -0.05) is 59.7 Å². The maximum absolute atomic E-state index is 13.1. The first-order valence-electron chi connectivity index (χ1n) is 12.0. The summed E-state index contributed by atoms with van der Waals surface area (Å²) < 4.78 is 15.5. The lowest BCUT2D eigenvalue weighted by atomic mass is 10.0. The minimum absolute atomic E-state index is 0.145. The largest absolute Gasteiger partial charge is 0.507 e. The highest BCUT2D eigenvalue weighted by molar-refractivity contribution is 6.29. The van der Waals surface area contributed by atoms with E-state index in [-0.39, 0.29) is 12.3 Å². The van der Waals surface area contributed by atoms with E-state index in [4.69, 9.17) is 19.7 Å². The average Bonchev–Trinajstić information content (AvgIpc) is 2.99. The highest BCUT2D eigenvalue weighted by Gasteiger charge is 2.18. The van der Waals surface area contributed by atoms with Crippen molar-refractivity contribution in [3.05, 3.63) is 129 Å². The Morgan fingerprint density at radius 2 is 1.12 bits per heavy atom. The molecule has 0 radical (unpaired) electrons. The van der Waals surface area contributed by atoms with Gasteiger partial charge < -0.3 is 19.3 Å². The van der Waals surface area contributed by atoms with Crippen molar-refractivity contribution in [1.82, 2.24) is 0 Å². The summed E-state index contributed by atoms with van der Waals surface area (Å²) in [4.78, 5) is 28.9. The number of aliphatic hydroxyl groups excluding tert-OH is 1. The molecule has 1 N–H and O–H groups in total. The molecule has 0 aliphatic carbocycles. The van der Waals surface area contributed by atoms with Crippen molar-refractivity contribution in [2.75, 3.05) is 21.0 Å². The lowest BCUT2D eigenvalue weighted by Crippen LogP contribution is -2.11. The maximum atomic E-state index is 13.1. The van der Waals surface area contributed by atoms with Crippen molar-refractivity contribution >= 4 is 29.8 Å². The Hall–Kier alpha value is -5.53. The van der Waals surface area contributed by atoms with Crippen LogP contribution in [0.4, 0.5) is 0 Å². The fraction of sp³-hybridized carbons (Fsp3) is 0.0968. The summed E-state index contributed by atoms with van der Waals surface area (Å²) in [5.41, 5.74) is 10.0. The van der Waals surface area contributed by atoms with Crippen LogP contribution in [0.5, 0.6) is 17.2 Å². The zero-order valence-electron chi connectivity index (χ0n) is 21.9. The average molecular weight is 538 g/mol. The first-order valence-corrected chi connectivity index (χ1v) is 12.0.